The molecule has 0 fully saturated rings. The standard InChI is InChI=1S/C12H17BrN2O3/c1-12(2,8-16)14(3)7-9-4-5-10(13)6-11(9)15(17)18/h4-6,16H,7-8H2,1-3H3. The van der Waals surface area contributed by atoms with Crippen LogP contribution >= 0.6 is 15.9 Å². The highest BCUT2D eigenvalue weighted by Crippen LogP contribution is 2.26. The Morgan fingerprint density at radius 1 is 1.50 bits per heavy atom. The number of benzene rings is 1. The van der Waals surface area contributed by atoms with Crippen LogP contribution in [0.2, 0.25) is 0 Å². The van der Waals surface area contributed by atoms with Gasteiger partial charge in [0.1, 0.15) is 0 Å². The van der Waals surface area contributed by atoms with Gasteiger partial charge in [-0.1, -0.05) is 15.9 Å². The van der Waals surface area contributed by atoms with Crippen LogP contribution in [0.1, 0.15) is 19.4 Å². The maximum atomic E-state index is 11.0. The lowest BCUT2D eigenvalue weighted by Crippen LogP contribution is -2.43. The highest BCUT2D eigenvalue weighted by molar-refractivity contribution is 9.10. The molecule has 0 saturated carbocycles. The van der Waals surface area contributed by atoms with Crippen LogP contribution in [0.4, 0.5) is 5.69 Å². The van der Waals surface area contributed by atoms with Gasteiger partial charge in [-0.2, -0.15) is 0 Å². The summed E-state index contributed by atoms with van der Waals surface area (Å²) < 4.78 is 0.682. The number of nitro groups is 1. The minimum absolute atomic E-state index is 0.00613. The van der Waals surface area contributed by atoms with Gasteiger partial charge >= 0.3 is 0 Å². The lowest BCUT2D eigenvalue weighted by atomic mass is 10.0. The normalized spacial score (nSPS) is 11.9. The Kier molecular flexibility index (Phi) is 4.84. The van der Waals surface area contributed by atoms with Crippen LogP contribution in [0.25, 0.3) is 0 Å². The second-order valence-electron chi connectivity index (χ2n) is 4.86. The number of hydrogen-bond donors (Lipinski definition) is 1. The van der Waals surface area contributed by atoms with E-state index in [-0.39, 0.29) is 17.2 Å². The summed E-state index contributed by atoms with van der Waals surface area (Å²) in [6.45, 7) is 4.18. The zero-order valence-corrected chi connectivity index (χ0v) is 12.3. The molecule has 0 aromatic heterocycles. The van der Waals surface area contributed by atoms with E-state index >= 15 is 0 Å². The maximum absolute atomic E-state index is 11.0. The predicted molar refractivity (Wildman–Crippen MR) is 73.4 cm³/mol. The van der Waals surface area contributed by atoms with E-state index < -0.39 is 5.54 Å². The maximum Gasteiger partial charge on any atom is 0.275 e. The largest absolute Gasteiger partial charge is 0.394 e. The van der Waals surface area contributed by atoms with Crippen LogP contribution in [-0.4, -0.2) is 34.1 Å². The summed E-state index contributed by atoms with van der Waals surface area (Å²) in [6.07, 6.45) is 0. The van der Waals surface area contributed by atoms with E-state index in [4.69, 9.17) is 0 Å². The first kappa shape index (κ1) is 15.1. The van der Waals surface area contributed by atoms with Crippen LogP contribution in [-0.2, 0) is 6.54 Å². The molecule has 0 unspecified atom stereocenters. The number of aliphatic hydroxyl groups excluding tert-OH is 1. The summed E-state index contributed by atoms with van der Waals surface area (Å²) in [5, 5.41) is 20.3. The molecular formula is C12H17BrN2O3. The number of aliphatic hydroxyl groups is 1. The van der Waals surface area contributed by atoms with E-state index in [2.05, 4.69) is 15.9 Å². The molecular weight excluding hydrogens is 300 g/mol. The molecule has 1 N–H and O–H groups in total. The number of nitro benzene ring substituents is 1. The SMILES string of the molecule is CN(Cc1ccc(Br)cc1[N+](=O)[O-])C(C)(C)CO. The van der Waals surface area contributed by atoms with Gasteiger partial charge in [0.25, 0.3) is 5.69 Å². The molecule has 0 bridgehead atoms. The van der Waals surface area contributed by atoms with Gasteiger partial charge in [0.15, 0.2) is 0 Å². The molecule has 0 aliphatic rings. The molecule has 1 aromatic carbocycles. The quantitative estimate of drug-likeness (QED) is 0.669. The molecule has 0 atom stereocenters. The molecule has 0 saturated heterocycles. The van der Waals surface area contributed by atoms with Crippen molar-refractivity contribution < 1.29 is 10.0 Å². The van der Waals surface area contributed by atoms with Gasteiger partial charge in [-0.15, -0.1) is 0 Å². The smallest absolute Gasteiger partial charge is 0.275 e. The Morgan fingerprint density at radius 2 is 2.11 bits per heavy atom. The Bertz CT molecular complexity index is 449. The van der Waals surface area contributed by atoms with Crippen LogP contribution < -0.4 is 0 Å². The van der Waals surface area contributed by atoms with Gasteiger partial charge in [-0.25, -0.2) is 0 Å². The predicted octanol–water partition coefficient (Wildman–Crippen LogP) is 2.56. The van der Waals surface area contributed by atoms with Crippen molar-refractivity contribution in [2.75, 3.05) is 13.7 Å². The Morgan fingerprint density at radius 3 is 2.61 bits per heavy atom. The van der Waals surface area contributed by atoms with Crippen molar-refractivity contribution in [3.63, 3.8) is 0 Å². The molecule has 6 heteroatoms. The van der Waals surface area contributed by atoms with Crippen LogP contribution in [0.15, 0.2) is 22.7 Å². The van der Waals surface area contributed by atoms with Crippen molar-refractivity contribution in [3.8, 4) is 0 Å². The Labute approximate surface area is 115 Å². The van der Waals surface area contributed by atoms with Crippen molar-refractivity contribution >= 4 is 21.6 Å². The molecule has 1 aromatic rings. The monoisotopic (exact) mass is 316 g/mol. The van der Waals surface area contributed by atoms with Crippen molar-refractivity contribution in [1.82, 2.24) is 4.90 Å². The molecule has 0 amide bonds. The first-order chi connectivity index (χ1) is 8.27. The lowest BCUT2D eigenvalue weighted by molar-refractivity contribution is -0.385. The van der Waals surface area contributed by atoms with Crippen LogP contribution in [0.5, 0.6) is 0 Å². The van der Waals surface area contributed by atoms with E-state index in [1.807, 2.05) is 25.8 Å². The fourth-order valence-corrected chi connectivity index (χ4v) is 1.78. The van der Waals surface area contributed by atoms with Gasteiger partial charge in [0.2, 0.25) is 0 Å². The van der Waals surface area contributed by atoms with Gasteiger partial charge in [-0.3, -0.25) is 15.0 Å². The average Bonchev–Trinajstić information content (AvgIpc) is 2.31. The van der Waals surface area contributed by atoms with Crippen LogP contribution in [0, 0.1) is 10.1 Å². The fraction of sp³-hybridized carbons (Fsp3) is 0.500. The molecule has 0 heterocycles. The number of likely N-dealkylation sites (N-methyl/N-ethyl adjacent to an activating group) is 1. The van der Waals surface area contributed by atoms with Crippen molar-refractivity contribution in [2.24, 2.45) is 0 Å². The van der Waals surface area contributed by atoms with Gasteiger partial charge in [0.05, 0.1) is 11.5 Å². The van der Waals surface area contributed by atoms with E-state index in [9.17, 15) is 15.2 Å². The Hall–Kier alpha value is -0.980. The second kappa shape index (κ2) is 5.77. The van der Waals surface area contributed by atoms with Crippen molar-refractivity contribution in [1.29, 1.82) is 0 Å². The molecule has 0 aliphatic heterocycles. The van der Waals surface area contributed by atoms with E-state index in [0.29, 0.717) is 16.6 Å². The highest BCUT2D eigenvalue weighted by atomic mass is 79.9. The molecule has 100 valence electrons. The number of hydrogen-bond acceptors (Lipinski definition) is 4. The molecule has 5 nitrogen and oxygen atoms in total. The first-order valence-corrected chi connectivity index (χ1v) is 6.32. The van der Waals surface area contributed by atoms with E-state index in [1.165, 1.54) is 6.07 Å². The third-order valence-corrected chi connectivity index (χ3v) is 3.57. The number of nitrogens with zero attached hydrogens (tertiary/aromatic N) is 2. The summed E-state index contributed by atoms with van der Waals surface area (Å²) in [5.74, 6) is 0. The second-order valence-corrected chi connectivity index (χ2v) is 5.77. The Balaban J connectivity index is 3.01. The summed E-state index contributed by atoms with van der Waals surface area (Å²) in [4.78, 5) is 12.5. The molecule has 0 spiro atoms. The fourth-order valence-electron chi connectivity index (χ4n) is 1.43. The lowest BCUT2D eigenvalue weighted by Gasteiger charge is -2.33. The van der Waals surface area contributed by atoms with Gasteiger partial charge in [0, 0.05) is 28.2 Å². The number of rotatable bonds is 5. The van der Waals surface area contributed by atoms with Gasteiger partial charge < -0.3 is 5.11 Å². The van der Waals surface area contributed by atoms with E-state index in [1.54, 1.807) is 12.1 Å². The average molecular weight is 317 g/mol. The van der Waals surface area contributed by atoms with Crippen molar-refractivity contribution in [3.05, 3.63) is 38.3 Å². The molecule has 18 heavy (non-hydrogen) atoms. The molecule has 1 rings (SSSR count). The minimum Gasteiger partial charge on any atom is -0.394 e. The minimum atomic E-state index is -0.416. The number of halogens is 1. The topological polar surface area (TPSA) is 66.6 Å². The van der Waals surface area contributed by atoms with Crippen molar-refractivity contribution in [2.45, 2.75) is 25.9 Å². The van der Waals surface area contributed by atoms with Crippen LogP contribution in [0.3, 0.4) is 0 Å². The summed E-state index contributed by atoms with van der Waals surface area (Å²) in [5.41, 5.74) is 0.304. The zero-order chi connectivity index (χ0) is 13.9. The molecule has 0 aliphatic carbocycles. The van der Waals surface area contributed by atoms with E-state index in [0.717, 1.165) is 0 Å². The third-order valence-electron chi connectivity index (χ3n) is 3.07. The zero-order valence-electron chi connectivity index (χ0n) is 10.7. The van der Waals surface area contributed by atoms with Gasteiger partial charge in [-0.05, 0) is 33.0 Å². The first-order valence-electron chi connectivity index (χ1n) is 5.53. The molecule has 0 radical (unpaired) electrons. The highest BCUT2D eigenvalue weighted by Gasteiger charge is 2.25. The third kappa shape index (κ3) is 3.51. The summed E-state index contributed by atoms with van der Waals surface area (Å²) in [6, 6.07) is 5.00. The summed E-state index contributed by atoms with van der Waals surface area (Å²) >= 11 is 3.23. The summed E-state index contributed by atoms with van der Waals surface area (Å²) in [7, 11) is 1.84.